The van der Waals surface area contributed by atoms with Gasteiger partial charge in [0.05, 0.1) is 18.8 Å². The first-order valence-corrected chi connectivity index (χ1v) is 8.43. The molecule has 1 saturated heterocycles. The predicted molar refractivity (Wildman–Crippen MR) is 81.5 cm³/mol. The maximum Gasteiger partial charge on any atom is 0.0779 e. The lowest BCUT2D eigenvalue weighted by atomic mass is 10.1. The Balaban J connectivity index is 1.87. The van der Waals surface area contributed by atoms with Crippen LogP contribution in [0.1, 0.15) is 24.8 Å². The van der Waals surface area contributed by atoms with Gasteiger partial charge in [-0.25, -0.2) is 0 Å². The van der Waals surface area contributed by atoms with Crippen molar-refractivity contribution in [2.75, 3.05) is 18.1 Å². The Hall–Kier alpha value is -0.0600. The molecule has 18 heavy (non-hydrogen) atoms. The Bertz CT molecular complexity index is 438. The highest BCUT2D eigenvalue weighted by Gasteiger charge is 2.36. The number of anilines is 1. The third-order valence-corrected chi connectivity index (χ3v) is 5.34. The minimum absolute atomic E-state index is 0.452. The van der Waals surface area contributed by atoms with Crippen LogP contribution in [-0.4, -0.2) is 25.3 Å². The van der Waals surface area contributed by atoms with E-state index in [1.165, 1.54) is 35.0 Å². The van der Waals surface area contributed by atoms with E-state index in [0.717, 1.165) is 18.5 Å². The quantitative estimate of drug-likeness (QED) is 0.722. The lowest BCUT2D eigenvalue weighted by Crippen LogP contribution is -2.48. The number of halogens is 2. The molecule has 2 nitrogen and oxygen atoms in total. The molecule has 2 fully saturated rings. The third kappa shape index (κ3) is 2.35. The second kappa shape index (κ2) is 5.51. The summed E-state index contributed by atoms with van der Waals surface area (Å²) < 4.78 is 7.06. The molecule has 2 atom stereocenters. The molecule has 2 aliphatic rings. The zero-order valence-electron chi connectivity index (χ0n) is 10.2. The highest BCUT2D eigenvalue weighted by Crippen LogP contribution is 2.34. The number of alkyl halides is 1. The van der Waals surface area contributed by atoms with Gasteiger partial charge in [0, 0.05) is 22.0 Å². The first kappa shape index (κ1) is 12.9. The van der Waals surface area contributed by atoms with Crippen molar-refractivity contribution in [2.24, 2.45) is 0 Å². The lowest BCUT2D eigenvalue weighted by molar-refractivity contribution is 0.0256. The molecule has 0 bridgehead atoms. The number of fused-ring (bicyclic) bond motifs is 1. The van der Waals surface area contributed by atoms with Crippen molar-refractivity contribution in [3.63, 3.8) is 0 Å². The molecule has 0 radical (unpaired) electrons. The van der Waals surface area contributed by atoms with Crippen molar-refractivity contribution in [3.05, 3.63) is 28.2 Å². The second-order valence-electron chi connectivity index (χ2n) is 5.01. The summed E-state index contributed by atoms with van der Waals surface area (Å²) in [4.78, 5) is 2.53. The van der Waals surface area contributed by atoms with Gasteiger partial charge in [-0.15, -0.1) is 0 Å². The van der Waals surface area contributed by atoms with Gasteiger partial charge in [-0.2, -0.15) is 0 Å². The number of hydrogen-bond donors (Lipinski definition) is 0. The molecule has 1 saturated carbocycles. The average molecular weight is 375 g/mol. The molecule has 1 aliphatic carbocycles. The normalized spacial score (nSPS) is 27.3. The highest BCUT2D eigenvalue weighted by molar-refractivity contribution is 9.10. The summed E-state index contributed by atoms with van der Waals surface area (Å²) in [6.07, 6.45) is 4.24. The molecule has 1 aromatic carbocycles. The van der Waals surface area contributed by atoms with E-state index < -0.39 is 0 Å². The Kier molecular flexibility index (Phi) is 3.97. The van der Waals surface area contributed by atoms with E-state index in [1.807, 2.05) is 0 Å². The van der Waals surface area contributed by atoms with Crippen molar-refractivity contribution >= 4 is 37.5 Å². The molecular formula is C14H17Br2NO. The van der Waals surface area contributed by atoms with Gasteiger partial charge in [0.25, 0.3) is 0 Å². The van der Waals surface area contributed by atoms with Gasteiger partial charge < -0.3 is 9.64 Å². The monoisotopic (exact) mass is 373 g/mol. The van der Waals surface area contributed by atoms with Crippen LogP contribution < -0.4 is 4.90 Å². The minimum Gasteiger partial charge on any atom is -0.374 e. The molecule has 0 N–H and O–H groups in total. The van der Waals surface area contributed by atoms with Crippen LogP contribution in [0, 0.1) is 0 Å². The van der Waals surface area contributed by atoms with Crippen LogP contribution >= 0.6 is 31.9 Å². The number of hydrogen-bond acceptors (Lipinski definition) is 2. The molecule has 1 aromatic rings. The zero-order valence-corrected chi connectivity index (χ0v) is 13.4. The summed E-state index contributed by atoms with van der Waals surface area (Å²) in [7, 11) is 0. The van der Waals surface area contributed by atoms with E-state index in [1.54, 1.807) is 0 Å². The molecule has 1 heterocycles. The molecule has 0 spiro atoms. The SMILES string of the molecule is BrCc1ccc(N2CCOC3CCCC32)cc1Br. The smallest absolute Gasteiger partial charge is 0.0779 e. The highest BCUT2D eigenvalue weighted by atomic mass is 79.9. The summed E-state index contributed by atoms with van der Waals surface area (Å²) in [5.41, 5.74) is 2.63. The van der Waals surface area contributed by atoms with Crippen LogP contribution in [0.15, 0.2) is 22.7 Å². The van der Waals surface area contributed by atoms with Crippen LogP contribution in [-0.2, 0) is 10.1 Å². The Morgan fingerprint density at radius 2 is 2.22 bits per heavy atom. The van der Waals surface area contributed by atoms with Crippen molar-refractivity contribution in [3.8, 4) is 0 Å². The van der Waals surface area contributed by atoms with Crippen LogP contribution in [0.2, 0.25) is 0 Å². The van der Waals surface area contributed by atoms with Crippen molar-refractivity contribution in [1.29, 1.82) is 0 Å². The van der Waals surface area contributed by atoms with Crippen LogP contribution in [0.25, 0.3) is 0 Å². The summed E-state index contributed by atoms with van der Waals surface area (Å²) in [5, 5.41) is 0.892. The average Bonchev–Trinajstić information content (AvgIpc) is 2.86. The fraction of sp³-hybridized carbons (Fsp3) is 0.571. The van der Waals surface area contributed by atoms with Crippen molar-refractivity contribution < 1.29 is 4.74 Å². The standard InChI is InChI=1S/C14H17Br2NO/c15-9-10-4-5-11(8-12(10)16)17-6-7-18-14-3-1-2-13(14)17/h4-5,8,13-14H,1-3,6-7,9H2. The van der Waals surface area contributed by atoms with Crippen molar-refractivity contribution in [1.82, 2.24) is 0 Å². The number of morpholine rings is 1. The molecule has 2 unspecified atom stereocenters. The minimum atomic E-state index is 0.452. The first-order valence-electron chi connectivity index (χ1n) is 6.52. The van der Waals surface area contributed by atoms with Gasteiger partial charge in [-0.3, -0.25) is 0 Å². The van der Waals surface area contributed by atoms with Crippen LogP contribution in [0.3, 0.4) is 0 Å². The van der Waals surface area contributed by atoms with E-state index in [2.05, 4.69) is 55.0 Å². The summed E-state index contributed by atoms with van der Waals surface area (Å²) in [5.74, 6) is 0. The molecule has 98 valence electrons. The van der Waals surface area contributed by atoms with Gasteiger partial charge in [0.2, 0.25) is 0 Å². The number of rotatable bonds is 2. The lowest BCUT2D eigenvalue weighted by Gasteiger charge is -2.39. The summed E-state index contributed by atoms with van der Waals surface area (Å²) in [6, 6.07) is 7.27. The van der Waals surface area contributed by atoms with E-state index >= 15 is 0 Å². The molecular weight excluding hydrogens is 358 g/mol. The Morgan fingerprint density at radius 1 is 1.33 bits per heavy atom. The largest absolute Gasteiger partial charge is 0.374 e. The molecule has 3 rings (SSSR count). The topological polar surface area (TPSA) is 12.5 Å². The fourth-order valence-electron chi connectivity index (χ4n) is 3.07. The Labute approximate surface area is 125 Å². The van der Waals surface area contributed by atoms with Crippen LogP contribution in [0.4, 0.5) is 5.69 Å². The number of nitrogens with zero attached hydrogens (tertiary/aromatic N) is 1. The molecule has 1 aliphatic heterocycles. The molecule has 0 amide bonds. The Morgan fingerprint density at radius 3 is 3.00 bits per heavy atom. The van der Waals surface area contributed by atoms with E-state index in [-0.39, 0.29) is 0 Å². The van der Waals surface area contributed by atoms with E-state index in [0.29, 0.717) is 12.1 Å². The van der Waals surface area contributed by atoms with Crippen LogP contribution in [0.5, 0.6) is 0 Å². The van der Waals surface area contributed by atoms with E-state index in [4.69, 9.17) is 4.74 Å². The summed E-state index contributed by atoms with van der Waals surface area (Å²) in [6.45, 7) is 1.88. The van der Waals surface area contributed by atoms with Gasteiger partial charge >= 0.3 is 0 Å². The van der Waals surface area contributed by atoms with Gasteiger partial charge in [0.15, 0.2) is 0 Å². The third-order valence-electron chi connectivity index (χ3n) is 3.99. The molecule has 0 aromatic heterocycles. The van der Waals surface area contributed by atoms with Gasteiger partial charge in [-0.1, -0.05) is 37.9 Å². The fourth-order valence-corrected chi connectivity index (χ4v) is 4.44. The first-order chi connectivity index (χ1) is 8.79. The van der Waals surface area contributed by atoms with Gasteiger partial charge in [0.1, 0.15) is 0 Å². The summed E-state index contributed by atoms with van der Waals surface area (Å²) >= 11 is 7.17. The maximum absolute atomic E-state index is 5.87. The predicted octanol–water partition coefficient (Wildman–Crippen LogP) is 4.10. The number of ether oxygens (including phenoxy) is 1. The molecule has 4 heteroatoms. The second-order valence-corrected chi connectivity index (χ2v) is 6.43. The number of benzene rings is 1. The maximum atomic E-state index is 5.87. The van der Waals surface area contributed by atoms with E-state index in [9.17, 15) is 0 Å². The van der Waals surface area contributed by atoms with Gasteiger partial charge in [-0.05, 0) is 37.0 Å². The van der Waals surface area contributed by atoms with Crippen molar-refractivity contribution in [2.45, 2.75) is 36.7 Å². The zero-order chi connectivity index (χ0) is 12.5.